The third-order valence-corrected chi connectivity index (χ3v) is 2.49. The lowest BCUT2D eigenvalue weighted by Gasteiger charge is -2.21. The quantitative estimate of drug-likeness (QED) is 0.781. The van der Waals surface area contributed by atoms with E-state index >= 15 is 0 Å². The topological polar surface area (TPSA) is 47.3 Å². The molecule has 86 valence electrons. The van der Waals surface area contributed by atoms with E-state index in [1.54, 1.807) is 6.20 Å². The average Bonchev–Trinajstić information content (AvgIpc) is 2.72. The Morgan fingerprint density at radius 1 is 1.47 bits per heavy atom. The summed E-state index contributed by atoms with van der Waals surface area (Å²) in [6.45, 7) is 7.39. The second-order valence-corrected chi connectivity index (χ2v) is 3.42. The summed E-state index contributed by atoms with van der Waals surface area (Å²) >= 11 is 0. The minimum absolute atomic E-state index is 0.164. The van der Waals surface area contributed by atoms with Gasteiger partial charge in [-0.1, -0.05) is 6.92 Å². The predicted molar refractivity (Wildman–Crippen MR) is 58.6 cm³/mol. The fourth-order valence-electron chi connectivity index (χ4n) is 1.67. The van der Waals surface area contributed by atoms with Gasteiger partial charge in [0.05, 0.1) is 6.10 Å². The van der Waals surface area contributed by atoms with Crippen LogP contribution in [0.5, 0.6) is 0 Å². The summed E-state index contributed by atoms with van der Waals surface area (Å²) in [6.07, 6.45) is 3.57. The van der Waals surface area contributed by atoms with E-state index in [1.165, 1.54) is 0 Å². The molecule has 1 N–H and O–H groups in total. The zero-order chi connectivity index (χ0) is 11.3. The fourth-order valence-corrected chi connectivity index (χ4v) is 1.67. The molecule has 2 atom stereocenters. The highest BCUT2D eigenvalue weighted by molar-refractivity contribution is 4.98. The van der Waals surface area contributed by atoms with E-state index in [-0.39, 0.29) is 6.10 Å². The third kappa shape index (κ3) is 2.79. The van der Waals surface area contributed by atoms with Crippen molar-refractivity contribution in [3.63, 3.8) is 0 Å². The molecule has 0 aromatic carbocycles. The largest absolute Gasteiger partial charge is 0.382 e. The van der Waals surface area contributed by atoms with Gasteiger partial charge in [-0.3, -0.25) is 0 Å². The molecule has 0 bridgehead atoms. The van der Waals surface area contributed by atoms with Crippen LogP contribution in [0.2, 0.25) is 0 Å². The Hall–Kier alpha value is -0.870. The second kappa shape index (κ2) is 5.88. The monoisotopic (exact) mass is 212 g/mol. The first-order chi connectivity index (χ1) is 7.24. The maximum Gasteiger partial charge on any atom is 0.140 e. The first-order valence-corrected chi connectivity index (χ1v) is 5.55. The minimum atomic E-state index is -0.634. The van der Waals surface area contributed by atoms with E-state index in [0.29, 0.717) is 12.4 Å². The highest BCUT2D eigenvalue weighted by Crippen LogP contribution is 2.19. The van der Waals surface area contributed by atoms with Crippen molar-refractivity contribution in [1.29, 1.82) is 0 Å². The Balaban J connectivity index is 2.77. The number of hydrogen-bond acceptors (Lipinski definition) is 3. The van der Waals surface area contributed by atoms with Gasteiger partial charge < -0.3 is 14.4 Å². The SMILES string of the molecule is CCOC(CC)C(O)c1nccn1CC. The van der Waals surface area contributed by atoms with Crippen molar-refractivity contribution < 1.29 is 9.84 Å². The molecule has 1 aromatic rings. The molecule has 15 heavy (non-hydrogen) atoms. The zero-order valence-electron chi connectivity index (χ0n) is 9.68. The third-order valence-electron chi connectivity index (χ3n) is 2.49. The van der Waals surface area contributed by atoms with Crippen LogP contribution >= 0.6 is 0 Å². The molecular formula is C11H20N2O2. The van der Waals surface area contributed by atoms with Crippen molar-refractivity contribution in [2.45, 2.75) is 45.9 Å². The van der Waals surface area contributed by atoms with E-state index in [9.17, 15) is 5.11 Å². The van der Waals surface area contributed by atoms with Gasteiger partial charge in [-0.15, -0.1) is 0 Å². The maximum atomic E-state index is 10.1. The normalized spacial score (nSPS) is 15.2. The number of aliphatic hydroxyl groups excluding tert-OH is 1. The van der Waals surface area contributed by atoms with Gasteiger partial charge in [-0.05, 0) is 20.3 Å². The van der Waals surface area contributed by atoms with Gasteiger partial charge in [0.2, 0.25) is 0 Å². The Kier molecular flexibility index (Phi) is 4.78. The van der Waals surface area contributed by atoms with Crippen LogP contribution in [0, 0.1) is 0 Å². The zero-order valence-corrected chi connectivity index (χ0v) is 9.68. The predicted octanol–water partition coefficient (Wildman–Crippen LogP) is 1.75. The van der Waals surface area contributed by atoms with Crippen molar-refractivity contribution in [3.05, 3.63) is 18.2 Å². The van der Waals surface area contributed by atoms with Crippen molar-refractivity contribution in [1.82, 2.24) is 9.55 Å². The molecule has 0 aliphatic heterocycles. The van der Waals surface area contributed by atoms with Crippen LogP contribution in [-0.4, -0.2) is 27.4 Å². The van der Waals surface area contributed by atoms with E-state index < -0.39 is 6.10 Å². The highest BCUT2D eigenvalue weighted by Gasteiger charge is 2.23. The Bertz CT molecular complexity index is 286. The molecule has 0 amide bonds. The maximum absolute atomic E-state index is 10.1. The molecule has 1 aromatic heterocycles. The highest BCUT2D eigenvalue weighted by atomic mass is 16.5. The number of imidazole rings is 1. The van der Waals surface area contributed by atoms with E-state index in [2.05, 4.69) is 4.98 Å². The fraction of sp³-hybridized carbons (Fsp3) is 0.727. The lowest BCUT2D eigenvalue weighted by atomic mass is 10.1. The molecule has 2 unspecified atom stereocenters. The lowest BCUT2D eigenvalue weighted by Crippen LogP contribution is -2.24. The summed E-state index contributed by atoms with van der Waals surface area (Å²) in [5.41, 5.74) is 0. The molecule has 0 spiro atoms. The average molecular weight is 212 g/mol. The number of aryl methyl sites for hydroxylation is 1. The summed E-state index contributed by atoms with van der Waals surface area (Å²) in [5, 5.41) is 10.1. The van der Waals surface area contributed by atoms with Gasteiger partial charge in [0.15, 0.2) is 0 Å². The number of ether oxygens (including phenoxy) is 1. The van der Waals surface area contributed by atoms with Gasteiger partial charge in [0, 0.05) is 25.5 Å². The van der Waals surface area contributed by atoms with Crippen LogP contribution in [0.4, 0.5) is 0 Å². The van der Waals surface area contributed by atoms with Crippen LogP contribution in [0.1, 0.15) is 39.1 Å². The van der Waals surface area contributed by atoms with Crippen molar-refractivity contribution in [2.75, 3.05) is 6.61 Å². The summed E-state index contributed by atoms with van der Waals surface area (Å²) in [4.78, 5) is 4.17. The Morgan fingerprint density at radius 3 is 2.73 bits per heavy atom. The summed E-state index contributed by atoms with van der Waals surface area (Å²) in [7, 11) is 0. The van der Waals surface area contributed by atoms with Crippen molar-refractivity contribution in [2.24, 2.45) is 0 Å². The molecule has 0 fully saturated rings. The van der Waals surface area contributed by atoms with Crippen LogP contribution in [-0.2, 0) is 11.3 Å². The molecular weight excluding hydrogens is 192 g/mol. The first-order valence-electron chi connectivity index (χ1n) is 5.55. The molecule has 4 heteroatoms. The Labute approximate surface area is 90.9 Å². The van der Waals surface area contributed by atoms with Crippen LogP contribution in [0.25, 0.3) is 0 Å². The van der Waals surface area contributed by atoms with Gasteiger partial charge in [-0.2, -0.15) is 0 Å². The van der Waals surface area contributed by atoms with Gasteiger partial charge >= 0.3 is 0 Å². The summed E-state index contributed by atoms with van der Waals surface area (Å²) in [6, 6.07) is 0. The van der Waals surface area contributed by atoms with E-state index in [4.69, 9.17) is 4.74 Å². The van der Waals surface area contributed by atoms with Gasteiger partial charge in [0.1, 0.15) is 11.9 Å². The molecule has 0 saturated heterocycles. The number of hydrogen-bond donors (Lipinski definition) is 1. The molecule has 0 saturated carbocycles. The number of aliphatic hydroxyl groups is 1. The number of nitrogens with zero attached hydrogens (tertiary/aromatic N) is 2. The van der Waals surface area contributed by atoms with Crippen molar-refractivity contribution in [3.8, 4) is 0 Å². The first kappa shape index (κ1) is 12.2. The van der Waals surface area contributed by atoms with Crippen LogP contribution in [0.15, 0.2) is 12.4 Å². The summed E-state index contributed by atoms with van der Waals surface area (Å²) in [5.74, 6) is 0.692. The molecule has 1 heterocycles. The molecule has 0 aliphatic carbocycles. The Morgan fingerprint density at radius 2 is 2.20 bits per heavy atom. The van der Waals surface area contributed by atoms with Gasteiger partial charge in [0.25, 0.3) is 0 Å². The summed E-state index contributed by atoms with van der Waals surface area (Å²) < 4.78 is 7.41. The number of rotatable bonds is 6. The van der Waals surface area contributed by atoms with E-state index in [0.717, 1.165) is 13.0 Å². The second-order valence-electron chi connectivity index (χ2n) is 3.42. The molecule has 4 nitrogen and oxygen atoms in total. The van der Waals surface area contributed by atoms with Gasteiger partial charge in [-0.25, -0.2) is 4.98 Å². The number of aromatic nitrogens is 2. The smallest absolute Gasteiger partial charge is 0.140 e. The molecule has 0 radical (unpaired) electrons. The lowest BCUT2D eigenvalue weighted by molar-refractivity contribution is -0.0405. The van der Waals surface area contributed by atoms with Crippen molar-refractivity contribution >= 4 is 0 Å². The van der Waals surface area contributed by atoms with Crippen LogP contribution < -0.4 is 0 Å². The molecule has 0 aliphatic rings. The standard InChI is InChI=1S/C11H20N2O2/c1-4-9(15-6-3)10(14)11-12-7-8-13(11)5-2/h7-10,14H,4-6H2,1-3H3. The van der Waals surface area contributed by atoms with E-state index in [1.807, 2.05) is 31.5 Å². The minimum Gasteiger partial charge on any atom is -0.382 e. The molecule has 1 rings (SSSR count). The van der Waals surface area contributed by atoms with Crippen LogP contribution in [0.3, 0.4) is 0 Å².